The second-order valence-corrected chi connectivity index (χ2v) is 3.78. The van der Waals surface area contributed by atoms with Crippen molar-refractivity contribution in [2.75, 3.05) is 0 Å². The van der Waals surface area contributed by atoms with Gasteiger partial charge in [0.25, 0.3) is 5.69 Å². The molecule has 0 aromatic heterocycles. The Balaban J connectivity index is 3.30. The van der Waals surface area contributed by atoms with E-state index in [9.17, 15) is 14.9 Å². The van der Waals surface area contributed by atoms with Gasteiger partial charge in [-0.05, 0) is 12.5 Å². The van der Waals surface area contributed by atoms with Gasteiger partial charge in [0.2, 0.25) is 0 Å². The van der Waals surface area contributed by atoms with Gasteiger partial charge >= 0.3 is 5.97 Å². The molecule has 0 spiro atoms. The normalized spacial score (nSPS) is 13.4. The Kier molecular flexibility index (Phi) is 3.43. The highest BCUT2D eigenvalue weighted by Crippen LogP contribution is 2.30. The Hall–Kier alpha value is -2.42. The summed E-state index contributed by atoms with van der Waals surface area (Å²) in [5, 5.41) is 28.4. The topological polar surface area (TPSA) is 104 Å². The van der Waals surface area contributed by atoms with Crippen LogP contribution >= 0.6 is 0 Å². The van der Waals surface area contributed by atoms with Gasteiger partial charge in [0.15, 0.2) is 0 Å². The Labute approximate surface area is 97.3 Å². The van der Waals surface area contributed by atoms with Crippen LogP contribution in [0.3, 0.4) is 0 Å². The van der Waals surface area contributed by atoms with Crippen molar-refractivity contribution in [3.63, 3.8) is 0 Å². The van der Waals surface area contributed by atoms with Gasteiger partial charge < -0.3 is 5.11 Å². The molecule has 1 unspecified atom stereocenters. The van der Waals surface area contributed by atoms with E-state index in [0.717, 1.165) is 0 Å². The van der Waals surface area contributed by atoms with E-state index in [1.54, 1.807) is 6.07 Å². The lowest BCUT2D eigenvalue weighted by atomic mass is 9.80. The Morgan fingerprint density at radius 1 is 1.65 bits per heavy atom. The molecule has 0 heterocycles. The van der Waals surface area contributed by atoms with Crippen LogP contribution in [0.25, 0.3) is 0 Å². The van der Waals surface area contributed by atoms with E-state index < -0.39 is 16.3 Å². The lowest BCUT2D eigenvalue weighted by Crippen LogP contribution is -2.31. The Bertz CT molecular complexity index is 506. The fourth-order valence-corrected chi connectivity index (χ4v) is 1.42. The van der Waals surface area contributed by atoms with Crippen molar-refractivity contribution >= 4 is 11.7 Å². The maximum absolute atomic E-state index is 11.2. The number of nitro benzene ring substituents is 1. The number of aliphatic carboxylic acids is 1. The summed E-state index contributed by atoms with van der Waals surface area (Å²) in [5.74, 6) is -1.18. The lowest BCUT2D eigenvalue weighted by Gasteiger charge is -2.21. The fraction of sp³-hybridized carbons (Fsp3) is 0.273. The SMILES string of the molecule is CC(CC#N)(C(=O)O)c1cccc([N+](=O)[O-])c1. The fourth-order valence-electron chi connectivity index (χ4n) is 1.42. The molecule has 1 aromatic carbocycles. The third-order valence-electron chi connectivity index (χ3n) is 2.60. The highest BCUT2D eigenvalue weighted by molar-refractivity contribution is 5.81. The zero-order chi connectivity index (χ0) is 13.1. The van der Waals surface area contributed by atoms with E-state index >= 15 is 0 Å². The molecule has 1 N–H and O–H groups in total. The summed E-state index contributed by atoms with van der Waals surface area (Å²) in [5.41, 5.74) is -1.37. The first kappa shape index (κ1) is 12.6. The number of hydrogen-bond acceptors (Lipinski definition) is 4. The van der Waals surface area contributed by atoms with Crippen LogP contribution in [0.1, 0.15) is 18.9 Å². The smallest absolute Gasteiger partial charge is 0.314 e. The van der Waals surface area contributed by atoms with Crippen LogP contribution in [0.2, 0.25) is 0 Å². The van der Waals surface area contributed by atoms with Crippen molar-refractivity contribution in [2.45, 2.75) is 18.8 Å². The van der Waals surface area contributed by atoms with Gasteiger partial charge in [0.05, 0.1) is 17.4 Å². The predicted molar refractivity (Wildman–Crippen MR) is 58.3 cm³/mol. The van der Waals surface area contributed by atoms with Crippen LogP contribution in [0.15, 0.2) is 24.3 Å². The van der Waals surface area contributed by atoms with Gasteiger partial charge in [-0.15, -0.1) is 0 Å². The standard InChI is InChI=1S/C11H10N2O4/c1-11(5-6-12,10(14)15)8-3-2-4-9(7-8)13(16)17/h2-4,7H,5H2,1H3,(H,14,15). The van der Waals surface area contributed by atoms with E-state index in [0.29, 0.717) is 0 Å². The minimum atomic E-state index is -1.43. The summed E-state index contributed by atoms with van der Waals surface area (Å²) in [6, 6.07) is 7.13. The first-order chi connectivity index (χ1) is 7.91. The van der Waals surface area contributed by atoms with Crippen molar-refractivity contribution in [1.82, 2.24) is 0 Å². The van der Waals surface area contributed by atoms with Gasteiger partial charge in [-0.1, -0.05) is 12.1 Å². The maximum Gasteiger partial charge on any atom is 0.314 e. The second kappa shape index (κ2) is 4.61. The molecule has 1 atom stereocenters. The van der Waals surface area contributed by atoms with Crippen molar-refractivity contribution in [2.24, 2.45) is 0 Å². The predicted octanol–water partition coefficient (Wildman–Crippen LogP) is 1.85. The number of non-ortho nitro benzene ring substituents is 1. The van der Waals surface area contributed by atoms with Gasteiger partial charge in [0, 0.05) is 12.1 Å². The van der Waals surface area contributed by atoms with Crippen LogP contribution in [0.5, 0.6) is 0 Å². The van der Waals surface area contributed by atoms with E-state index in [2.05, 4.69) is 0 Å². The quantitative estimate of drug-likeness (QED) is 0.632. The number of nitro groups is 1. The molecule has 1 aromatic rings. The Morgan fingerprint density at radius 2 is 2.29 bits per heavy atom. The zero-order valence-corrected chi connectivity index (χ0v) is 9.08. The monoisotopic (exact) mass is 234 g/mol. The summed E-state index contributed by atoms with van der Waals surface area (Å²) < 4.78 is 0. The van der Waals surface area contributed by atoms with Crippen molar-refractivity contribution in [1.29, 1.82) is 5.26 Å². The molecule has 0 radical (unpaired) electrons. The summed E-state index contributed by atoms with van der Waals surface area (Å²) in [6.45, 7) is 1.37. The molecule has 0 aliphatic rings. The highest BCUT2D eigenvalue weighted by Gasteiger charge is 2.36. The number of hydrogen-bond donors (Lipinski definition) is 1. The van der Waals surface area contributed by atoms with Crippen LogP contribution in [0, 0.1) is 21.4 Å². The lowest BCUT2D eigenvalue weighted by molar-refractivity contribution is -0.384. The molecule has 1 rings (SSSR count). The minimum absolute atomic E-state index is 0.187. The van der Waals surface area contributed by atoms with Crippen LogP contribution in [-0.4, -0.2) is 16.0 Å². The number of carboxylic acid groups (broad SMARTS) is 1. The van der Waals surface area contributed by atoms with Crippen molar-refractivity contribution in [3.05, 3.63) is 39.9 Å². The van der Waals surface area contributed by atoms with Crippen LogP contribution in [-0.2, 0) is 10.2 Å². The third kappa shape index (κ3) is 2.39. The molecule has 88 valence electrons. The van der Waals surface area contributed by atoms with Crippen LogP contribution in [0.4, 0.5) is 5.69 Å². The first-order valence-corrected chi connectivity index (χ1v) is 4.77. The average Bonchev–Trinajstić information content (AvgIpc) is 2.29. The average molecular weight is 234 g/mol. The summed E-state index contributed by atoms with van der Waals surface area (Å²) in [6.07, 6.45) is -0.247. The van der Waals surface area contributed by atoms with Crippen LogP contribution < -0.4 is 0 Å². The summed E-state index contributed by atoms with van der Waals surface area (Å²) in [7, 11) is 0. The third-order valence-corrected chi connectivity index (χ3v) is 2.60. The van der Waals surface area contributed by atoms with Gasteiger partial charge in [0.1, 0.15) is 5.41 Å². The molecular formula is C11H10N2O4. The zero-order valence-electron chi connectivity index (χ0n) is 9.08. The summed E-state index contributed by atoms with van der Waals surface area (Å²) >= 11 is 0. The first-order valence-electron chi connectivity index (χ1n) is 4.77. The molecule has 0 saturated heterocycles. The largest absolute Gasteiger partial charge is 0.481 e. The molecule has 6 nitrogen and oxygen atoms in total. The van der Waals surface area contributed by atoms with Gasteiger partial charge in [-0.2, -0.15) is 5.26 Å². The molecule has 0 saturated carbocycles. The Morgan fingerprint density at radius 3 is 2.76 bits per heavy atom. The number of benzene rings is 1. The minimum Gasteiger partial charge on any atom is -0.481 e. The number of nitriles is 1. The second-order valence-electron chi connectivity index (χ2n) is 3.78. The van der Waals surface area contributed by atoms with Gasteiger partial charge in [-0.3, -0.25) is 14.9 Å². The molecule has 0 fully saturated rings. The van der Waals surface area contributed by atoms with E-state index in [-0.39, 0.29) is 17.7 Å². The van der Waals surface area contributed by atoms with E-state index in [1.807, 2.05) is 0 Å². The molecule has 0 bridgehead atoms. The van der Waals surface area contributed by atoms with Crippen molar-refractivity contribution < 1.29 is 14.8 Å². The van der Waals surface area contributed by atoms with E-state index in [1.165, 1.54) is 31.2 Å². The highest BCUT2D eigenvalue weighted by atomic mass is 16.6. The van der Waals surface area contributed by atoms with Gasteiger partial charge in [-0.25, -0.2) is 0 Å². The number of carbonyl (C=O) groups is 1. The van der Waals surface area contributed by atoms with E-state index in [4.69, 9.17) is 10.4 Å². The number of carboxylic acids is 1. The van der Waals surface area contributed by atoms with Crippen molar-refractivity contribution in [3.8, 4) is 6.07 Å². The number of nitrogens with zero attached hydrogens (tertiary/aromatic N) is 2. The summed E-state index contributed by atoms with van der Waals surface area (Å²) in [4.78, 5) is 21.2. The molecule has 0 aliphatic heterocycles. The molecular weight excluding hydrogens is 224 g/mol. The molecule has 0 aliphatic carbocycles. The molecule has 17 heavy (non-hydrogen) atoms. The molecule has 6 heteroatoms. The number of rotatable bonds is 4. The maximum atomic E-state index is 11.2. The molecule has 0 amide bonds.